The molecule has 0 aromatic carbocycles. The summed E-state index contributed by atoms with van der Waals surface area (Å²) >= 11 is 1.26. The smallest absolute Gasteiger partial charge is 0.349 e. The fraction of sp³-hybridized carbons (Fsp3) is 0.562. The van der Waals surface area contributed by atoms with Gasteiger partial charge >= 0.3 is 12.0 Å². The summed E-state index contributed by atoms with van der Waals surface area (Å²) in [6.45, 7) is 3.42. The van der Waals surface area contributed by atoms with E-state index in [0.29, 0.717) is 10.8 Å². The van der Waals surface area contributed by atoms with Gasteiger partial charge in [0.05, 0.1) is 0 Å². The van der Waals surface area contributed by atoms with Crippen LogP contribution in [0.3, 0.4) is 0 Å². The van der Waals surface area contributed by atoms with Crippen molar-refractivity contribution in [2.45, 2.75) is 45.6 Å². The molecule has 2 atom stereocenters. The average Bonchev–Trinajstić information content (AvgIpc) is 2.93. The number of amides is 3. The van der Waals surface area contributed by atoms with Crippen molar-refractivity contribution in [1.29, 1.82) is 0 Å². The van der Waals surface area contributed by atoms with E-state index in [1.54, 1.807) is 18.4 Å². The zero-order chi connectivity index (χ0) is 16.8. The lowest BCUT2D eigenvalue weighted by molar-refractivity contribution is -0.123. The first-order valence-electron chi connectivity index (χ1n) is 7.79. The van der Waals surface area contributed by atoms with Gasteiger partial charge in [0.1, 0.15) is 4.88 Å². The van der Waals surface area contributed by atoms with E-state index in [-0.39, 0.29) is 6.04 Å². The predicted molar refractivity (Wildman–Crippen MR) is 87.4 cm³/mol. The number of imide groups is 1. The molecule has 3 amide bonds. The number of nitrogens with one attached hydrogen (secondary N) is 2. The Kier molecular flexibility index (Phi) is 6.15. The summed E-state index contributed by atoms with van der Waals surface area (Å²) < 4.78 is 4.92. The molecule has 0 aliphatic heterocycles. The van der Waals surface area contributed by atoms with E-state index >= 15 is 0 Å². The molecule has 0 unspecified atom stereocenters. The van der Waals surface area contributed by atoms with Gasteiger partial charge in [-0.1, -0.05) is 19.8 Å². The maximum atomic E-state index is 11.8. The van der Waals surface area contributed by atoms with Crippen LogP contribution in [0.2, 0.25) is 0 Å². The minimum absolute atomic E-state index is 0.0906. The van der Waals surface area contributed by atoms with Gasteiger partial charge in [-0.3, -0.25) is 10.1 Å². The largest absolute Gasteiger partial charge is 0.451 e. The predicted octanol–water partition coefficient (Wildman–Crippen LogP) is 2.62. The SMILES string of the molecule is Cc1ccsc1C(=O)OCC(=O)NC(=O)N[C@H]1CCCC[C@H]1C. The maximum Gasteiger partial charge on any atom is 0.349 e. The molecular weight excluding hydrogens is 316 g/mol. The fourth-order valence-corrected chi connectivity index (χ4v) is 3.49. The number of carbonyl (C=O) groups is 3. The number of hydrogen-bond acceptors (Lipinski definition) is 5. The summed E-state index contributed by atoms with van der Waals surface area (Å²) in [5, 5.41) is 6.80. The van der Waals surface area contributed by atoms with Crippen LogP contribution < -0.4 is 10.6 Å². The molecule has 1 aromatic rings. The number of ether oxygens (including phenoxy) is 1. The number of hydrogen-bond donors (Lipinski definition) is 2. The summed E-state index contributed by atoms with van der Waals surface area (Å²) in [6, 6.07) is 1.37. The van der Waals surface area contributed by atoms with Crippen LogP contribution >= 0.6 is 11.3 Å². The lowest BCUT2D eigenvalue weighted by Gasteiger charge is -2.29. The van der Waals surface area contributed by atoms with Crippen LogP contribution in [0.25, 0.3) is 0 Å². The molecule has 6 nitrogen and oxygen atoms in total. The number of rotatable bonds is 4. The van der Waals surface area contributed by atoms with Crippen LogP contribution in [0.4, 0.5) is 4.79 Å². The molecule has 7 heteroatoms. The number of thiophene rings is 1. The first kappa shape index (κ1) is 17.5. The minimum atomic E-state index is -0.631. The third-order valence-corrected chi connectivity index (χ3v) is 5.06. The second-order valence-electron chi connectivity index (χ2n) is 5.90. The van der Waals surface area contributed by atoms with Crippen molar-refractivity contribution in [2.24, 2.45) is 5.92 Å². The fourth-order valence-electron chi connectivity index (χ4n) is 2.68. The van der Waals surface area contributed by atoms with Crippen molar-refractivity contribution in [1.82, 2.24) is 10.6 Å². The highest BCUT2D eigenvalue weighted by molar-refractivity contribution is 7.12. The standard InChI is InChI=1S/C16H22N2O4S/c1-10-5-3-4-6-12(10)17-16(21)18-13(19)9-22-15(20)14-11(2)7-8-23-14/h7-8,10,12H,3-6,9H2,1-2H3,(H2,17,18,19,21)/t10-,12+/m1/s1. The van der Waals surface area contributed by atoms with Crippen LogP contribution in [0.15, 0.2) is 11.4 Å². The van der Waals surface area contributed by atoms with E-state index in [4.69, 9.17) is 4.74 Å². The summed E-state index contributed by atoms with van der Waals surface area (Å²) in [5.41, 5.74) is 0.810. The number of esters is 1. The van der Waals surface area contributed by atoms with Gasteiger partial charge in [-0.25, -0.2) is 9.59 Å². The maximum absolute atomic E-state index is 11.8. The molecule has 1 aromatic heterocycles. The van der Waals surface area contributed by atoms with E-state index < -0.39 is 24.5 Å². The highest BCUT2D eigenvalue weighted by Gasteiger charge is 2.23. The van der Waals surface area contributed by atoms with Gasteiger partial charge in [0, 0.05) is 6.04 Å². The van der Waals surface area contributed by atoms with Crippen molar-refractivity contribution < 1.29 is 19.1 Å². The van der Waals surface area contributed by atoms with Crippen molar-refractivity contribution in [2.75, 3.05) is 6.61 Å². The van der Waals surface area contributed by atoms with Gasteiger partial charge in [-0.15, -0.1) is 11.3 Å². The van der Waals surface area contributed by atoms with Gasteiger partial charge in [-0.2, -0.15) is 0 Å². The Bertz CT molecular complexity index is 584. The zero-order valence-corrected chi connectivity index (χ0v) is 14.2. The molecule has 0 saturated heterocycles. The van der Waals surface area contributed by atoms with Crippen LogP contribution in [0, 0.1) is 12.8 Å². The molecule has 2 N–H and O–H groups in total. The Morgan fingerprint density at radius 1 is 1.30 bits per heavy atom. The van der Waals surface area contributed by atoms with Gasteiger partial charge in [0.25, 0.3) is 5.91 Å². The molecular formula is C16H22N2O4S. The summed E-state index contributed by atoms with van der Waals surface area (Å²) in [5.74, 6) is -0.772. The summed E-state index contributed by atoms with van der Waals surface area (Å²) in [6.07, 6.45) is 4.27. The van der Waals surface area contributed by atoms with Gasteiger partial charge in [0.2, 0.25) is 0 Å². The third kappa shape index (κ3) is 5.06. The monoisotopic (exact) mass is 338 g/mol. The lowest BCUT2D eigenvalue weighted by Crippen LogP contribution is -2.48. The number of carbonyl (C=O) groups excluding carboxylic acids is 3. The Morgan fingerprint density at radius 3 is 2.70 bits per heavy atom. The van der Waals surface area contributed by atoms with Gasteiger partial charge < -0.3 is 10.1 Å². The first-order valence-corrected chi connectivity index (χ1v) is 8.67. The Hall–Kier alpha value is -1.89. The average molecular weight is 338 g/mol. The van der Waals surface area contributed by atoms with Crippen LogP contribution in [-0.4, -0.2) is 30.6 Å². The van der Waals surface area contributed by atoms with E-state index in [1.165, 1.54) is 17.8 Å². The molecule has 23 heavy (non-hydrogen) atoms. The molecule has 1 heterocycles. The minimum Gasteiger partial charge on any atom is -0.451 e. The number of urea groups is 1. The van der Waals surface area contributed by atoms with E-state index in [0.717, 1.165) is 24.8 Å². The van der Waals surface area contributed by atoms with E-state index in [1.807, 2.05) is 0 Å². The second kappa shape index (κ2) is 8.10. The van der Waals surface area contributed by atoms with Crippen molar-refractivity contribution in [3.8, 4) is 0 Å². The molecule has 1 fully saturated rings. The molecule has 1 aliphatic rings. The van der Waals surface area contributed by atoms with Crippen LogP contribution in [0.5, 0.6) is 0 Å². The molecule has 0 spiro atoms. The molecule has 1 aliphatic carbocycles. The van der Waals surface area contributed by atoms with Crippen LogP contribution in [-0.2, 0) is 9.53 Å². The van der Waals surface area contributed by atoms with Crippen LogP contribution in [0.1, 0.15) is 47.8 Å². The second-order valence-corrected chi connectivity index (χ2v) is 6.81. The molecule has 1 saturated carbocycles. The highest BCUT2D eigenvalue weighted by Crippen LogP contribution is 2.23. The summed E-state index contributed by atoms with van der Waals surface area (Å²) in [7, 11) is 0. The number of aryl methyl sites for hydroxylation is 1. The highest BCUT2D eigenvalue weighted by atomic mass is 32.1. The molecule has 2 rings (SSSR count). The Labute approximate surface area is 139 Å². The van der Waals surface area contributed by atoms with E-state index in [2.05, 4.69) is 17.6 Å². The lowest BCUT2D eigenvalue weighted by atomic mass is 9.86. The molecule has 0 bridgehead atoms. The zero-order valence-electron chi connectivity index (χ0n) is 13.4. The van der Waals surface area contributed by atoms with Gasteiger partial charge in [-0.05, 0) is 42.7 Å². The van der Waals surface area contributed by atoms with E-state index in [9.17, 15) is 14.4 Å². The Morgan fingerprint density at radius 2 is 2.04 bits per heavy atom. The Balaban J connectivity index is 1.73. The van der Waals surface area contributed by atoms with Gasteiger partial charge in [0.15, 0.2) is 6.61 Å². The van der Waals surface area contributed by atoms with Crippen molar-refractivity contribution in [3.63, 3.8) is 0 Å². The topological polar surface area (TPSA) is 84.5 Å². The van der Waals surface area contributed by atoms with Crippen molar-refractivity contribution >= 4 is 29.2 Å². The first-order chi connectivity index (χ1) is 11.0. The quantitative estimate of drug-likeness (QED) is 0.827. The normalized spacial score (nSPS) is 20.6. The van der Waals surface area contributed by atoms with Crippen molar-refractivity contribution in [3.05, 3.63) is 21.9 Å². The summed E-state index contributed by atoms with van der Waals surface area (Å²) in [4.78, 5) is 35.8. The molecule has 126 valence electrons. The third-order valence-electron chi connectivity index (χ3n) is 4.06. The molecule has 0 radical (unpaired) electrons.